The summed E-state index contributed by atoms with van der Waals surface area (Å²) in [5.74, 6) is 0.107. The minimum atomic E-state index is -3.52. The van der Waals surface area contributed by atoms with Crippen molar-refractivity contribution in [2.24, 2.45) is 0 Å². The van der Waals surface area contributed by atoms with E-state index in [1.807, 2.05) is 37.3 Å². The molecule has 0 aliphatic carbocycles. The van der Waals surface area contributed by atoms with E-state index in [1.54, 1.807) is 25.1 Å². The summed E-state index contributed by atoms with van der Waals surface area (Å²) in [5.41, 5.74) is 7.97. The van der Waals surface area contributed by atoms with Crippen LogP contribution in [-0.4, -0.2) is 15.0 Å². The lowest BCUT2D eigenvalue weighted by atomic mass is 10.0. The standard InChI is InChI=1S/C16H20N2O2S/c1-12-10-15(17)8-9-16(12)21(19,20)18-11-13(2)14-6-4-3-5-7-14/h3-10,13,18H,11,17H2,1-2H3. The van der Waals surface area contributed by atoms with Crippen LogP contribution < -0.4 is 10.5 Å². The summed E-state index contributed by atoms with van der Waals surface area (Å²) in [4.78, 5) is 0.275. The van der Waals surface area contributed by atoms with E-state index in [1.165, 1.54) is 0 Å². The van der Waals surface area contributed by atoms with Crippen molar-refractivity contribution in [2.75, 3.05) is 12.3 Å². The zero-order valence-corrected chi connectivity index (χ0v) is 13.0. The Morgan fingerprint density at radius 1 is 1.14 bits per heavy atom. The van der Waals surface area contributed by atoms with Gasteiger partial charge >= 0.3 is 0 Å². The van der Waals surface area contributed by atoms with Gasteiger partial charge in [0.1, 0.15) is 0 Å². The molecule has 0 bridgehead atoms. The van der Waals surface area contributed by atoms with E-state index in [0.29, 0.717) is 17.8 Å². The highest BCUT2D eigenvalue weighted by Crippen LogP contribution is 2.19. The van der Waals surface area contributed by atoms with Crippen LogP contribution in [0.4, 0.5) is 5.69 Å². The summed E-state index contributed by atoms with van der Waals surface area (Å²) < 4.78 is 27.4. The van der Waals surface area contributed by atoms with Crippen LogP contribution in [0, 0.1) is 6.92 Å². The predicted molar refractivity (Wildman–Crippen MR) is 85.6 cm³/mol. The van der Waals surface area contributed by atoms with Gasteiger partial charge in [0, 0.05) is 12.2 Å². The van der Waals surface area contributed by atoms with Crippen molar-refractivity contribution < 1.29 is 8.42 Å². The molecule has 4 nitrogen and oxygen atoms in total. The molecule has 0 amide bonds. The van der Waals surface area contributed by atoms with Gasteiger partial charge in [-0.3, -0.25) is 0 Å². The highest BCUT2D eigenvalue weighted by atomic mass is 32.2. The third kappa shape index (κ3) is 3.83. The fourth-order valence-corrected chi connectivity index (χ4v) is 3.54. The van der Waals surface area contributed by atoms with Crippen molar-refractivity contribution >= 4 is 15.7 Å². The van der Waals surface area contributed by atoms with Crippen molar-refractivity contribution in [1.82, 2.24) is 4.72 Å². The number of sulfonamides is 1. The Kier molecular flexibility index (Phi) is 4.65. The summed E-state index contributed by atoms with van der Waals surface area (Å²) in [7, 11) is -3.52. The van der Waals surface area contributed by atoms with E-state index < -0.39 is 10.0 Å². The third-order valence-electron chi connectivity index (χ3n) is 3.44. The van der Waals surface area contributed by atoms with Gasteiger partial charge in [-0.15, -0.1) is 0 Å². The summed E-state index contributed by atoms with van der Waals surface area (Å²) in [5, 5.41) is 0. The highest BCUT2D eigenvalue weighted by molar-refractivity contribution is 7.89. The molecule has 0 saturated carbocycles. The number of hydrogen-bond donors (Lipinski definition) is 2. The van der Waals surface area contributed by atoms with Gasteiger partial charge < -0.3 is 5.73 Å². The molecule has 1 unspecified atom stereocenters. The van der Waals surface area contributed by atoms with Crippen molar-refractivity contribution in [2.45, 2.75) is 24.7 Å². The molecule has 0 fully saturated rings. The molecule has 2 rings (SSSR count). The maximum atomic E-state index is 12.3. The normalized spacial score (nSPS) is 13.0. The number of nitrogens with one attached hydrogen (secondary N) is 1. The monoisotopic (exact) mass is 304 g/mol. The van der Waals surface area contributed by atoms with E-state index in [9.17, 15) is 8.42 Å². The van der Waals surface area contributed by atoms with Gasteiger partial charge in [-0.1, -0.05) is 37.3 Å². The van der Waals surface area contributed by atoms with E-state index >= 15 is 0 Å². The number of nitrogen functional groups attached to an aromatic ring is 1. The molecule has 1 atom stereocenters. The topological polar surface area (TPSA) is 72.2 Å². The maximum absolute atomic E-state index is 12.3. The lowest BCUT2D eigenvalue weighted by Gasteiger charge is -2.14. The number of rotatable bonds is 5. The van der Waals surface area contributed by atoms with Crippen molar-refractivity contribution in [3.8, 4) is 0 Å². The fourth-order valence-electron chi connectivity index (χ4n) is 2.19. The average Bonchev–Trinajstić information content (AvgIpc) is 2.45. The van der Waals surface area contributed by atoms with E-state index in [2.05, 4.69) is 4.72 Å². The highest BCUT2D eigenvalue weighted by Gasteiger charge is 2.18. The molecule has 21 heavy (non-hydrogen) atoms. The van der Waals surface area contributed by atoms with Crippen molar-refractivity contribution in [3.05, 3.63) is 59.7 Å². The van der Waals surface area contributed by atoms with Crippen molar-refractivity contribution in [3.63, 3.8) is 0 Å². The zero-order valence-electron chi connectivity index (χ0n) is 12.2. The largest absolute Gasteiger partial charge is 0.399 e. The summed E-state index contributed by atoms with van der Waals surface area (Å²) in [6.07, 6.45) is 0. The predicted octanol–water partition coefficient (Wildman–Crippen LogP) is 2.66. The van der Waals surface area contributed by atoms with Gasteiger partial charge in [0.2, 0.25) is 10.0 Å². The van der Waals surface area contributed by atoms with Crippen LogP contribution in [-0.2, 0) is 10.0 Å². The number of anilines is 1. The molecule has 0 saturated heterocycles. The summed E-state index contributed by atoms with van der Waals surface area (Å²) in [6.45, 7) is 4.09. The molecular formula is C16H20N2O2S. The quantitative estimate of drug-likeness (QED) is 0.834. The molecule has 0 spiro atoms. The zero-order chi connectivity index (χ0) is 15.5. The SMILES string of the molecule is Cc1cc(N)ccc1S(=O)(=O)NCC(C)c1ccccc1. The first kappa shape index (κ1) is 15.5. The van der Waals surface area contributed by atoms with E-state index in [-0.39, 0.29) is 10.8 Å². The van der Waals surface area contributed by atoms with Crippen LogP contribution in [0.3, 0.4) is 0 Å². The Balaban J connectivity index is 2.11. The molecule has 2 aromatic rings. The third-order valence-corrected chi connectivity index (χ3v) is 5.02. The van der Waals surface area contributed by atoms with Crippen LogP contribution in [0.2, 0.25) is 0 Å². The maximum Gasteiger partial charge on any atom is 0.240 e. The second-order valence-electron chi connectivity index (χ2n) is 5.19. The number of hydrogen-bond acceptors (Lipinski definition) is 3. The Labute approximate surface area is 126 Å². The molecule has 0 heterocycles. The first-order valence-electron chi connectivity index (χ1n) is 6.81. The Morgan fingerprint density at radius 2 is 1.81 bits per heavy atom. The van der Waals surface area contributed by atoms with Crippen LogP contribution in [0.5, 0.6) is 0 Å². The molecule has 0 radical (unpaired) electrons. The lowest BCUT2D eigenvalue weighted by molar-refractivity contribution is 0.574. The van der Waals surface area contributed by atoms with Gasteiger partial charge in [0.25, 0.3) is 0 Å². The first-order valence-corrected chi connectivity index (χ1v) is 8.29. The first-order chi connectivity index (χ1) is 9.90. The van der Waals surface area contributed by atoms with Gasteiger partial charge in [-0.2, -0.15) is 0 Å². The molecular weight excluding hydrogens is 284 g/mol. The molecule has 112 valence electrons. The van der Waals surface area contributed by atoms with Crippen molar-refractivity contribution in [1.29, 1.82) is 0 Å². The number of nitrogens with two attached hydrogens (primary N) is 1. The molecule has 5 heteroatoms. The summed E-state index contributed by atoms with van der Waals surface area (Å²) in [6, 6.07) is 14.6. The Bertz CT molecular complexity index is 712. The molecule has 2 aromatic carbocycles. The van der Waals surface area contributed by atoms with E-state index in [4.69, 9.17) is 5.73 Å². The number of aryl methyl sites for hydroxylation is 1. The number of benzene rings is 2. The van der Waals surface area contributed by atoms with Gasteiger partial charge in [0.05, 0.1) is 4.90 Å². The Hall–Kier alpha value is -1.85. The summed E-state index contributed by atoms with van der Waals surface area (Å²) >= 11 is 0. The van der Waals surface area contributed by atoms with Gasteiger partial charge in [0.15, 0.2) is 0 Å². The minimum Gasteiger partial charge on any atom is -0.399 e. The van der Waals surface area contributed by atoms with Gasteiger partial charge in [-0.25, -0.2) is 13.1 Å². The second-order valence-corrected chi connectivity index (χ2v) is 6.92. The van der Waals surface area contributed by atoms with Gasteiger partial charge in [-0.05, 0) is 42.2 Å². The van der Waals surface area contributed by atoms with Crippen LogP contribution in [0.15, 0.2) is 53.4 Å². The molecule has 0 aliphatic heterocycles. The molecule has 0 aliphatic rings. The minimum absolute atomic E-state index is 0.107. The lowest BCUT2D eigenvalue weighted by Crippen LogP contribution is -2.28. The fraction of sp³-hybridized carbons (Fsp3) is 0.250. The van der Waals surface area contributed by atoms with Crippen LogP contribution in [0.25, 0.3) is 0 Å². The molecule has 0 aromatic heterocycles. The Morgan fingerprint density at radius 3 is 2.43 bits per heavy atom. The smallest absolute Gasteiger partial charge is 0.240 e. The second kappa shape index (κ2) is 6.28. The molecule has 3 N–H and O–H groups in total. The van der Waals surface area contributed by atoms with Crippen LogP contribution >= 0.6 is 0 Å². The van der Waals surface area contributed by atoms with Crippen LogP contribution in [0.1, 0.15) is 24.0 Å². The van der Waals surface area contributed by atoms with E-state index in [0.717, 1.165) is 5.56 Å². The average molecular weight is 304 g/mol.